The van der Waals surface area contributed by atoms with Gasteiger partial charge in [-0.25, -0.2) is 0 Å². The van der Waals surface area contributed by atoms with Gasteiger partial charge < -0.3 is 19.6 Å². The number of hydrogen-bond acceptors (Lipinski definition) is 2. The van der Waals surface area contributed by atoms with E-state index in [0.717, 1.165) is 28.6 Å². The maximum absolute atomic E-state index is 10.4. The average molecular weight is 316 g/mol. The molecule has 0 saturated carbocycles. The van der Waals surface area contributed by atoms with E-state index in [2.05, 4.69) is 13.0 Å². The van der Waals surface area contributed by atoms with Crippen LogP contribution in [0.4, 0.5) is 0 Å². The van der Waals surface area contributed by atoms with Crippen molar-refractivity contribution in [2.75, 3.05) is 39.8 Å². The quantitative estimate of drug-likeness (QED) is 0.740. The molecule has 0 aromatic heterocycles. The van der Waals surface area contributed by atoms with Crippen molar-refractivity contribution in [3.05, 3.63) is 35.9 Å². The van der Waals surface area contributed by atoms with Crippen molar-refractivity contribution < 1.29 is 19.6 Å². The molecule has 2 aromatic rings. The van der Waals surface area contributed by atoms with Crippen LogP contribution >= 0.6 is 0 Å². The first kappa shape index (κ1) is 16.1. The first-order valence-corrected chi connectivity index (χ1v) is 8.67. The van der Waals surface area contributed by atoms with Crippen molar-refractivity contribution in [2.24, 2.45) is 0 Å². The molecule has 2 aromatic carbocycles. The van der Waals surface area contributed by atoms with Crippen LogP contribution in [0.15, 0.2) is 30.3 Å². The Labute approximate surface area is 138 Å². The van der Waals surface area contributed by atoms with Crippen molar-refractivity contribution in [3.63, 3.8) is 0 Å². The van der Waals surface area contributed by atoms with Crippen LogP contribution in [0.5, 0.6) is 11.5 Å². The molecule has 0 unspecified atom stereocenters. The second-order valence-corrected chi connectivity index (χ2v) is 6.58. The summed E-state index contributed by atoms with van der Waals surface area (Å²) >= 11 is 0. The minimum absolute atomic E-state index is 0.404. The highest BCUT2D eigenvalue weighted by molar-refractivity contribution is 5.88. The Hall–Kier alpha value is -1.78. The van der Waals surface area contributed by atoms with Crippen molar-refractivity contribution in [2.45, 2.75) is 19.9 Å². The van der Waals surface area contributed by atoms with Gasteiger partial charge in [0.15, 0.2) is 0 Å². The molecule has 3 N–H and O–H groups in total. The number of aromatic hydroxyl groups is 1. The number of fused-ring (bicyclic) bond motifs is 1. The topological polar surface area (TPSA) is 38.3 Å². The zero-order valence-corrected chi connectivity index (χ0v) is 14.2. The van der Waals surface area contributed by atoms with Gasteiger partial charge in [-0.15, -0.1) is 0 Å². The smallest absolute Gasteiger partial charge is 0.127 e. The zero-order chi connectivity index (χ0) is 16.2. The minimum atomic E-state index is 0.404. The summed E-state index contributed by atoms with van der Waals surface area (Å²) in [5, 5.41) is 12.7. The molecule has 0 spiro atoms. The Morgan fingerprint density at radius 3 is 2.43 bits per heavy atom. The lowest BCUT2D eigenvalue weighted by Gasteiger charge is -2.30. The SMILES string of the molecule is CCC[NH+]1CC[NH+](Cc2c(O)ccc3ccc(OC)cc23)CC1. The van der Waals surface area contributed by atoms with Gasteiger partial charge in [0.1, 0.15) is 44.2 Å². The summed E-state index contributed by atoms with van der Waals surface area (Å²) in [5.74, 6) is 1.25. The first-order valence-electron chi connectivity index (χ1n) is 8.67. The van der Waals surface area contributed by atoms with Crippen LogP contribution in [0.1, 0.15) is 18.9 Å². The summed E-state index contributed by atoms with van der Waals surface area (Å²) in [6.45, 7) is 9.24. The number of quaternary nitrogens is 2. The van der Waals surface area contributed by atoms with Crippen LogP contribution in [-0.4, -0.2) is 44.9 Å². The highest BCUT2D eigenvalue weighted by Crippen LogP contribution is 2.29. The number of rotatable bonds is 5. The fourth-order valence-electron chi connectivity index (χ4n) is 3.65. The second-order valence-electron chi connectivity index (χ2n) is 6.58. The van der Waals surface area contributed by atoms with E-state index in [1.165, 1.54) is 39.1 Å². The summed E-state index contributed by atoms with van der Waals surface area (Å²) in [5.41, 5.74) is 1.05. The number of piperazine rings is 1. The highest BCUT2D eigenvalue weighted by atomic mass is 16.5. The number of nitrogens with one attached hydrogen (secondary N) is 2. The van der Waals surface area contributed by atoms with Gasteiger partial charge in [0.25, 0.3) is 0 Å². The Morgan fingerprint density at radius 2 is 1.74 bits per heavy atom. The molecule has 0 aliphatic carbocycles. The first-order chi connectivity index (χ1) is 11.2. The molecule has 0 amide bonds. The lowest BCUT2D eigenvalue weighted by atomic mass is 10.0. The highest BCUT2D eigenvalue weighted by Gasteiger charge is 2.24. The maximum atomic E-state index is 10.4. The number of hydrogen-bond donors (Lipinski definition) is 3. The molecule has 0 bridgehead atoms. The van der Waals surface area contributed by atoms with Gasteiger partial charge in [0.05, 0.1) is 19.2 Å². The normalized spacial score (nSPS) is 21.5. The van der Waals surface area contributed by atoms with Gasteiger partial charge in [-0.05, 0) is 35.4 Å². The number of ether oxygens (including phenoxy) is 1. The lowest BCUT2D eigenvalue weighted by molar-refractivity contribution is -1.02. The molecule has 1 fully saturated rings. The molecule has 0 radical (unpaired) electrons. The average Bonchev–Trinajstić information content (AvgIpc) is 2.59. The molecule has 0 atom stereocenters. The third kappa shape index (κ3) is 3.59. The van der Waals surface area contributed by atoms with Crippen LogP contribution in [0.2, 0.25) is 0 Å². The van der Waals surface area contributed by atoms with Crippen molar-refractivity contribution in [1.29, 1.82) is 0 Å². The fourth-order valence-corrected chi connectivity index (χ4v) is 3.65. The lowest BCUT2D eigenvalue weighted by Crippen LogP contribution is -3.27. The van der Waals surface area contributed by atoms with Crippen molar-refractivity contribution in [1.82, 2.24) is 0 Å². The third-order valence-electron chi connectivity index (χ3n) is 5.01. The standard InChI is InChI=1S/C19H26N2O2/c1-3-8-20-9-11-21(12-10-20)14-18-17-13-16(23-2)6-4-15(17)5-7-19(18)22/h4-7,13,22H,3,8-12,14H2,1-2H3/p+2. The van der Waals surface area contributed by atoms with E-state index < -0.39 is 0 Å². The van der Waals surface area contributed by atoms with E-state index in [4.69, 9.17) is 4.74 Å². The molecule has 4 heteroatoms. The van der Waals surface area contributed by atoms with Gasteiger partial charge in [0.2, 0.25) is 0 Å². The molecule has 1 aliphatic heterocycles. The molecule has 23 heavy (non-hydrogen) atoms. The Morgan fingerprint density at radius 1 is 1.04 bits per heavy atom. The van der Waals surface area contributed by atoms with Crippen LogP contribution in [-0.2, 0) is 6.54 Å². The summed E-state index contributed by atoms with van der Waals surface area (Å²) in [6.07, 6.45) is 1.26. The van der Waals surface area contributed by atoms with Gasteiger partial charge in [-0.2, -0.15) is 0 Å². The molecule has 124 valence electrons. The largest absolute Gasteiger partial charge is 0.507 e. The minimum Gasteiger partial charge on any atom is -0.507 e. The summed E-state index contributed by atoms with van der Waals surface area (Å²) < 4.78 is 5.36. The molecule has 1 saturated heterocycles. The molecule has 1 heterocycles. The van der Waals surface area contributed by atoms with Gasteiger partial charge >= 0.3 is 0 Å². The maximum Gasteiger partial charge on any atom is 0.127 e. The van der Waals surface area contributed by atoms with E-state index in [1.54, 1.807) is 16.9 Å². The fraction of sp³-hybridized carbons (Fsp3) is 0.474. The van der Waals surface area contributed by atoms with Crippen LogP contribution < -0.4 is 14.5 Å². The Balaban J connectivity index is 1.81. The molecular formula is C19H28N2O2+2. The zero-order valence-electron chi connectivity index (χ0n) is 14.2. The summed E-state index contributed by atoms with van der Waals surface area (Å²) in [7, 11) is 1.69. The van der Waals surface area contributed by atoms with Crippen molar-refractivity contribution in [3.8, 4) is 11.5 Å². The third-order valence-corrected chi connectivity index (χ3v) is 5.01. The summed E-state index contributed by atoms with van der Waals surface area (Å²) in [6, 6.07) is 9.88. The second kappa shape index (κ2) is 7.20. The molecule has 4 nitrogen and oxygen atoms in total. The van der Waals surface area contributed by atoms with Crippen LogP contribution in [0, 0.1) is 0 Å². The molecule has 1 aliphatic rings. The van der Waals surface area contributed by atoms with E-state index in [1.807, 2.05) is 24.3 Å². The Bertz CT molecular complexity index is 664. The van der Waals surface area contributed by atoms with Crippen LogP contribution in [0.3, 0.4) is 0 Å². The molecule has 3 rings (SSSR count). The van der Waals surface area contributed by atoms with E-state index >= 15 is 0 Å². The number of methoxy groups -OCH3 is 1. The van der Waals surface area contributed by atoms with Gasteiger partial charge in [0, 0.05) is 0 Å². The monoisotopic (exact) mass is 316 g/mol. The number of phenolic OH excluding ortho intramolecular Hbond substituents is 1. The Kier molecular flexibility index (Phi) is 5.03. The van der Waals surface area contributed by atoms with Crippen LogP contribution in [0.25, 0.3) is 10.8 Å². The predicted molar refractivity (Wildman–Crippen MR) is 92.4 cm³/mol. The van der Waals surface area contributed by atoms with E-state index in [9.17, 15) is 5.11 Å². The van der Waals surface area contributed by atoms with E-state index in [-0.39, 0.29) is 0 Å². The number of benzene rings is 2. The van der Waals surface area contributed by atoms with Gasteiger partial charge in [-0.3, -0.25) is 0 Å². The summed E-state index contributed by atoms with van der Waals surface area (Å²) in [4.78, 5) is 3.29. The predicted octanol–water partition coefficient (Wildman–Crippen LogP) is 0.247. The van der Waals surface area contributed by atoms with E-state index in [0.29, 0.717) is 5.75 Å². The van der Waals surface area contributed by atoms with Gasteiger partial charge in [-0.1, -0.05) is 19.1 Å². The van der Waals surface area contributed by atoms with Crippen molar-refractivity contribution >= 4 is 10.8 Å². The molecular weight excluding hydrogens is 288 g/mol. The number of phenols is 1.